The molecule has 2 rings (SSSR count). The molecule has 1 amide bonds. The van der Waals surface area contributed by atoms with Crippen molar-refractivity contribution in [1.82, 2.24) is 4.90 Å². The second-order valence-corrected chi connectivity index (χ2v) is 7.17. The van der Waals surface area contributed by atoms with E-state index in [4.69, 9.17) is 4.74 Å². The average molecular weight is 354 g/mol. The van der Waals surface area contributed by atoms with Crippen LogP contribution in [-0.2, 0) is 11.3 Å². The van der Waals surface area contributed by atoms with E-state index < -0.39 is 0 Å². The minimum atomic E-state index is -0.264. The first kappa shape index (κ1) is 20.0. The smallest absolute Gasteiger partial charge is 0.241 e. The fourth-order valence-electron chi connectivity index (χ4n) is 3.24. The summed E-state index contributed by atoms with van der Waals surface area (Å²) in [5, 5.41) is 3.10. The van der Waals surface area contributed by atoms with Gasteiger partial charge in [0.25, 0.3) is 0 Å². The van der Waals surface area contributed by atoms with Crippen molar-refractivity contribution >= 4 is 11.6 Å². The number of ether oxygens (including phenoxy) is 1. The quantitative estimate of drug-likeness (QED) is 0.836. The van der Waals surface area contributed by atoms with Crippen LogP contribution in [-0.4, -0.2) is 31.0 Å². The van der Waals surface area contributed by atoms with E-state index in [9.17, 15) is 4.79 Å². The van der Waals surface area contributed by atoms with E-state index in [0.717, 1.165) is 28.1 Å². The monoisotopic (exact) mass is 354 g/mol. The molecule has 0 heterocycles. The predicted octanol–water partition coefficient (Wildman–Crippen LogP) is 4.39. The summed E-state index contributed by atoms with van der Waals surface area (Å²) in [6.07, 6.45) is 0. The van der Waals surface area contributed by atoms with Gasteiger partial charge in [-0.2, -0.15) is 0 Å². The van der Waals surface area contributed by atoms with Crippen LogP contribution in [0, 0.1) is 27.7 Å². The molecule has 0 saturated heterocycles. The molecule has 1 atom stereocenters. The van der Waals surface area contributed by atoms with Crippen LogP contribution in [0.25, 0.3) is 0 Å². The molecule has 0 aliphatic rings. The van der Waals surface area contributed by atoms with Crippen molar-refractivity contribution in [1.29, 1.82) is 0 Å². The Hall–Kier alpha value is -2.33. The summed E-state index contributed by atoms with van der Waals surface area (Å²) in [6.45, 7) is 10.8. The Morgan fingerprint density at radius 2 is 1.69 bits per heavy atom. The first-order valence-electron chi connectivity index (χ1n) is 8.95. The molecule has 26 heavy (non-hydrogen) atoms. The Morgan fingerprint density at radius 3 is 2.27 bits per heavy atom. The maximum atomic E-state index is 12.8. The van der Waals surface area contributed by atoms with E-state index in [1.54, 1.807) is 7.11 Å². The normalized spacial score (nSPS) is 12.2. The largest absolute Gasteiger partial charge is 0.496 e. The van der Waals surface area contributed by atoms with E-state index >= 15 is 0 Å². The number of anilines is 1. The Labute approximate surface area is 157 Å². The summed E-state index contributed by atoms with van der Waals surface area (Å²) in [7, 11) is 3.63. The zero-order valence-electron chi connectivity index (χ0n) is 16.9. The highest BCUT2D eigenvalue weighted by Crippen LogP contribution is 2.24. The first-order valence-corrected chi connectivity index (χ1v) is 8.95. The molecule has 0 fully saturated rings. The van der Waals surface area contributed by atoms with Crippen LogP contribution >= 0.6 is 0 Å². The molecule has 0 aliphatic carbocycles. The SMILES string of the molecule is COc1ccc(C)cc1CN(C)[C@@H](C)C(=O)Nc1c(C)cc(C)cc1C. The van der Waals surface area contributed by atoms with Crippen molar-refractivity contribution in [3.05, 3.63) is 58.1 Å². The van der Waals surface area contributed by atoms with Crippen LogP contribution < -0.4 is 10.1 Å². The molecule has 0 saturated carbocycles. The van der Waals surface area contributed by atoms with Crippen LogP contribution in [0.2, 0.25) is 0 Å². The Morgan fingerprint density at radius 1 is 1.08 bits per heavy atom. The fourth-order valence-corrected chi connectivity index (χ4v) is 3.24. The summed E-state index contributed by atoms with van der Waals surface area (Å²) in [5.41, 5.74) is 6.55. The molecule has 0 aromatic heterocycles. The van der Waals surface area contributed by atoms with Gasteiger partial charge in [0.05, 0.1) is 13.2 Å². The van der Waals surface area contributed by atoms with E-state index in [2.05, 4.69) is 37.4 Å². The zero-order valence-corrected chi connectivity index (χ0v) is 16.9. The van der Waals surface area contributed by atoms with Gasteiger partial charge >= 0.3 is 0 Å². The van der Waals surface area contributed by atoms with Crippen LogP contribution in [0.1, 0.15) is 34.7 Å². The Bertz CT molecular complexity index is 776. The topological polar surface area (TPSA) is 41.6 Å². The lowest BCUT2D eigenvalue weighted by Gasteiger charge is -2.25. The van der Waals surface area contributed by atoms with Gasteiger partial charge in [-0.25, -0.2) is 0 Å². The molecular weight excluding hydrogens is 324 g/mol. The number of nitrogens with zero attached hydrogens (tertiary/aromatic N) is 1. The zero-order chi connectivity index (χ0) is 19.4. The second-order valence-electron chi connectivity index (χ2n) is 7.17. The molecule has 0 spiro atoms. The highest BCUT2D eigenvalue weighted by atomic mass is 16.5. The first-order chi connectivity index (χ1) is 12.2. The number of hydrogen-bond acceptors (Lipinski definition) is 3. The number of aryl methyl sites for hydroxylation is 4. The van der Waals surface area contributed by atoms with Gasteiger partial charge in [-0.1, -0.05) is 35.4 Å². The predicted molar refractivity (Wildman–Crippen MR) is 108 cm³/mol. The highest BCUT2D eigenvalue weighted by Gasteiger charge is 2.20. The van der Waals surface area contributed by atoms with Gasteiger partial charge in [0.1, 0.15) is 5.75 Å². The number of rotatable bonds is 6. The molecule has 2 aromatic carbocycles. The molecule has 0 bridgehead atoms. The van der Waals surface area contributed by atoms with Gasteiger partial charge in [0.15, 0.2) is 0 Å². The number of benzene rings is 2. The lowest BCUT2D eigenvalue weighted by atomic mass is 10.0. The average Bonchev–Trinajstić information content (AvgIpc) is 2.57. The van der Waals surface area contributed by atoms with Crippen molar-refractivity contribution in [2.45, 2.75) is 47.2 Å². The van der Waals surface area contributed by atoms with Crippen LogP contribution in [0.5, 0.6) is 5.75 Å². The molecule has 4 heteroatoms. The van der Waals surface area contributed by atoms with Crippen molar-refractivity contribution in [2.24, 2.45) is 0 Å². The molecule has 0 radical (unpaired) electrons. The van der Waals surface area contributed by atoms with Gasteiger partial charge in [-0.15, -0.1) is 0 Å². The molecule has 1 N–H and O–H groups in total. The van der Waals surface area contributed by atoms with Gasteiger partial charge in [-0.3, -0.25) is 9.69 Å². The fraction of sp³-hybridized carbons (Fsp3) is 0.409. The number of methoxy groups -OCH3 is 1. The summed E-state index contributed by atoms with van der Waals surface area (Å²) in [5.74, 6) is 0.842. The van der Waals surface area contributed by atoms with E-state index in [-0.39, 0.29) is 11.9 Å². The van der Waals surface area contributed by atoms with E-state index in [1.165, 1.54) is 11.1 Å². The highest BCUT2D eigenvalue weighted by molar-refractivity contribution is 5.95. The van der Waals surface area contributed by atoms with E-state index in [0.29, 0.717) is 6.54 Å². The third-order valence-electron chi connectivity index (χ3n) is 4.82. The lowest BCUT2D eigenvalue weighted by molar-refractivity contribution is -0.120. The van der Waals surface area contributed by atoms with Crippen LogP contribution in [0.4, 0.5) is 5.69 Å². The second kappa shape index (κ2) is 8.37. The van der Waals surface area contributed by atoms with Gasteiger partial charge < -0.3 is 10.1 Å². The third-order valence-corrected chi connectivity index (χ3v) is 4.82. The van der Waals surface area contributed by atoms with Crippen molar-refractivity contribution in [3.8, 4) is 5.75 Å². The third kappa shape index (κ3) is 4.64. The van der Waals surface area contributed by atoms with Crippen molar-refractivity contribution in [2.75, 3.05) is 19.5 Å². The molecular formula is C22H30N2O2. The standard InChI is InChI=1S/C22H30N2O2/c1-14-8-9-20(26-7)19(12-14)13-24(6)18(5)22(25)23-21-16(3)10-15(2)11-17(21)4/h8-12,18H,13H2,1-7H3,(H,23,25)/t18-/m0/s1. The van der Waals surface area contributed by atoms with Gasteiger partial charge in [0, 0.05) is 17.8 Å². The molecule has 140 valence electrons. The number of amides is 1. The maximum Gasteiger partial charge on any atom is 0.241 e. The summed E-state index contributed by atoms with van der Waals surface area (Å²) >= 11 is 0. The minimum Gasteiger partial charge on any atom is -0.496 e. The number of carbonyl (C=O) groups excluding carboxylic acids is 1. The van der Waals surface area contributed by atoms with Gasteiger partial charge in [0.2, 0.25) is 5.91 Å². The Kier molecular flexibility index (Phi) is 6.43. The Balaban J connectivity index is 2.12. The van der Waals surface area contributed by atoms with Crippen molar-refractivity contribution in [3.63, 3.8) is 0 Å². The molecule has 4 nitrogen and oxygen atoms in total. The number of carbonyl (C=O) groups is 1. The maximum absolute atomic E-state index is 12.8. The van der Waals surface area contributed by atoms with E-state index in [1.807, 2.05) is 44.9 Å². The van der Waals surface area contributed by atoms with Crippen LogP contribution in [0.3, 0.4) is 0 Å². The van der Waals surface area contributed by atoms with Crippen molar-refractivity contribution < 1.29 is 9.53 Å². The van der Waals surface area contributed by atoms with Crippen LogP contribution in [0.15, 0.2) is 30.3 Å². The van der Waals surface area contributed by atoms with Gasteiger partial charge in [-0.05, 0) is 58.9 Å². The number of hydrogen-bond donors (Lipinski definition) is 1. The molecule has 0 aliphatic heterocycles. The number of nitrogens with one attached hydrogen (secondary N) is 1. The molecule has 2 aromatic rings. The number of likely N-dealkylation sites (N-methyl/N-ethyl adjacent to an activating group) is 1. The summed E-state index contributed by atoms with van der Waals surface area (Å²) < 4.78 is 5.45. The minimum absolute atomic E-state index is 0.00540. The molecule has 0 unspecified atom stereocenters. The lowest BCUT2D eigenvalue weighted by Crippen LogP contribution is -2.39. The summed E-state index contributed by atoms with van der Waals surface area (Å²) in [4.78, 5) is 14.8. The summed E-state index contributed by atoms with van der Waals surface area (Å²) in [6, 6.07) is 10.0.